The highest BCUT2D eigenvalue weighted by molar-refractivity contribution is 5.31. The molecule has 0 spiro atoms. The Hall–Kier alpha value is -2.90. The van der Waals surface area contributed by atoms with Crippen LogP contribution in [-0.4, -0.2) is 27.5 Å². The van der Waals surface area contributed by atoms with Gasteiger partial charge in [-0.05, 0) is 42.6 Å². The molecule has 0 amide bonds. The third-order valence-electron chi connectivity index (χ3n) is 5.30. The molecule has 1 unspecified atom stereocenters. The summed E-state index contributed by atoms with van der Waals surface area (Å²) in [5.41, 5.74) is 3.29. The molecule has 1 aliphatic rings. The van der Waals surface area contributed by atoms with Crippen LogP contribution in [-0.2, 0) is 13.1 Å². The molecule has 136 valence electrons. The smallest absolute Gasteiger partial charge is 0.113 e. The molecule has 1 atom stereocenters. The molecule has 0 aliphatic carbocycles. The lowest BCUT2D eigenvalue weighted by molar-refractivity contribution is 0.195. The summed E-state index contributed by atoms with van der Waals surface area (Å²) in [7, 11) is 0. The summed E-state index contributed by atoms with van der Waals surface area (Å²) < 4.78 is 2.30. The summed E-state index contributed by atoms with van der Waals surface area (Å²) in [6, 6.07) is 20.7. The van der Waals surface area contributed by atoms with Crippen LogP contribution in [0.4, 0.5) is 0 Å². The average Bonchev–Trinajstić information content (AvgIpc) is 3.18. The van der Waals surface area contributed by atoms with Crippen molar-refractivity contribution in [2.24, 2.45) is 0 Å². The molecule has 0 N–H and O–H groups in total. The summed E-state index contributed by atoms with van der Waals surface area (Å²) in [6.07, 6.45) is 6.41. The van der Waals surface area contributed by atoms with Crippen LogP contribution in [0.3, 0.4) is 0 Å². The van der Waals surface area contributed by atoms with Crippen LogP contribution in [0.1, 0.15) is 41.3 Å². The van der Waals surface area contributed by atoms with Crippen molar-refractivity contribution in [3.63, 3.8) is 0 Å². The molecule has 0 bridgehead atoms. The van der Waals surface area contributed by atoms with E-state index in [0.717, 1.165) is 31.7 Å². The highest BCUT2D eigenvalue weighted by Crippen LogP contribution is 2.27. The first-order chi connectivity index (χ1) is 13.3. The molecule has 2 aromatic carbocycles. The van der Waals surface area contributed by atoms with Crippen molar-refractivity contribution in [3.8, 4) is 6.07 Å². The fourth-order valence-corrected chi connectivity index (χ4v) is 3.95. The number of hydrogen-bond donors (Lipinski definition) is 0. The monoisotopic (exact) mass is 356 g/mol. The van der Waals surface area contributed by atoms with Gasteiger partial charge in [-0.1, -0.05) is 42.5 Å². The Morgan fingerprint density at radius 3 is 2.56 bits per heavy atom. The van der Waals surface area contributed by atoms with Crippen molar-refractivity contribution in [1.82, 2.24) is 14.5 Å². The zero-order valence-electron chi connectivity index (χ0n) is 15.5. The van der Waals surface area contributed by atoms with E-state index in [4.69, 9.17) is 10.2 Å². The Balaban J connectivity index is 1.44. The minimum atomic E-state index is 0.468. The molecule has 27 heavy (non-hydrogen) atoms. The second-order valence-corrected chi connectivity index (χ2v) is 7.28. The van der Waals surface area contributed by atoms with Crippen molar-refractivity contribution in [3.05, 3.63) is 89.5 Å². The zero-order valence-corrected chi connectivity index (χ0v) is 15.5. The largest absolute Gasteiger partial charge is 0.330 e. The van der Waals surface area contributed by atoms with Crippen LogP contribution in [0.25, 0.3) is 0 Å². The van der Waals surface area contributed by atoms with Crippen molar-refractivity contribution >= 4 is 0 Å². The van der Waals surface area contributed by atoms with Gasteiger partial charge in [0.05, 0.1) is 11.6 Å². The summed E-state index contributed by atoms with van der Waals surface area (Å²) in [4.78, 5) is 7.21. The number of nitrogens with zero attached hydrogens (tertiary/aromatic N) is 4. The highest BCUT2D eigenvalue weighted by Gasteiger charge is 2.24. The van der Waals surface area contributed by atoms with Gasteiger partial charge in [0.25, 0.3) is 0 Å². The third-order valence-corrected chi connectivity index (χ3v) is 5.30. The quantitative estimate of drug-likeness (QED) is 0.689. The Kier molecular flexibility index (Phi) is 5.32. The summed E-state index contributed by atoms with van der Waals surface area (Å²) in [5, 5.41) is 8.95. The number of rotatable bonds is 5. The van der Waals surface area contributed by atoms with Crippen LogP contribution in [0, 0.1) is 11.3 Å². The summed E-state index contributed by atoms with van der Waals surface area (Å²) >= 11 is 0. The number of aromatic nitrogens is 2. The average molecular weight is 356 g/mol. The predicted octanol–water partition coefficient (Wildman–Crippen LogP) is 4.18. The van der Waals surface area contributed by atoms with Crippen LogP contribution >= 0.6 is 0 Å². The van der Waals surface area contributed by atoms with Crippen molar-refractivity contribution in [2.75, 3.05) is 13.1 Å². The van der Waals surface area contributed by atoms with Gasteiger partial charge in [-0.15, -0.1) is 0 Å². The van der Waals surface area contributed by atoms with E-state index in [1.807, 2.05) is 18.3 Å². The highest BCUT2D eigenvalue weighted by atomic mass is 15.1. The van der Waals surface area contributed by atoms with E-state index in [1.54, 1.807) is 0 Å². The number of piperidine rings is 1. The van der Waals surface area contributed by atoms with Gasteiger partial charge in [-0.2, -0.15) is 5.26 Å². The van der Waals surface area contributed by atoms with Crippen LogP contribution in [0.15, 0.2) is 67.0 Å². The topological polar surface area (TPSA) is 44.9 Å². The maximum atomic E-state index is 8.95. The molecular weight excluding hydrogens is 332 g/mol. The maximum absolute atomic E-state index is 8.95. The second kappa shape index (κ2) is 8.20. The fraction of sp³-hybridized carbons (Fsp3) is 0.304. The molecule has 1 fully saturated rings. The molecular formula is C23H24N4. The Morgan fingerprint density at radius 1 is 1.00 bits per heavy atom. The number of likely N-dealkylation sites (tertiary alicyclic amines) is 1. The Labute approximate surface area is 160 Å². The van der Waals surface area contributed by atoms with Crippen LogP contribution in [0.5, 0.6) is 0 Å². The predicted molar refractivity (Wildman–Crippen MR) is 106 cm³/mol. The molecule has 1 aromatic heterocycles. The van der Waals surface area contributed by atoms with Gasteiger partial charge in [-0.3, -0.25) is 4.90 Å². The standard InChI is InChI=1S/C23H24N4/c24-15-19-8-10-21(11-9-19)16-26-13-4-7-22(18-26)23-25-12-14-27(23)17-20-5-2-1-3-6-20/h1-3,5-6,8-12,14,22H,4,7,13,16-18H2. The van der Waals surface area contributed by atoms with Crippen molar-refractivity contribution < 1.29 is 0 Å². The molecule has 4 rings (SSSR count). The van der Waals surface area contributed by atoms with Crippen LogP contribution < -0.4 is 0 Å². The number of imidazole rings is 1. The second-order valence-electron chi connectivity index (χ2n) is 7.28. The van der Waals surface area contributed by atoms with Crippen molar-refractivity contribution in [2.45, 2.75) is 31.8 Å². The molecule has 4 heteroatoms. The molecule has 3 aromatic rings. The van der Waals surface area contributed by atoms with Crippen LogP contribution in [0.2, 0.25) is 0 Å². The van der Waals surface area contributed by atoms with E-state index in [-0.39, 0.29) is 0 Å². The third kappa shape index (κ3) is 4.27. The van der Waals surface area contributed by atoms with Gasteiger partial charge in [-0.25, -0.2) is 4.98 Å². The van der Waals surface area contributed by atoms with Gasteiger partial charge in [0.1, 0.15) is 5.82 Å². The van der Waals surface area contributed by atoms with Gasteiger partial charge in [0, 0.05) is 37.9 Å². The number of hydrogen-bond acceptors (Lipinski definition) is 3. The lowest BCUT2D eigenvalue weighted by atomic mass is 9.96. The molecule has 1 aliphatic heterocycles. The summed E-state index contributed by atoms with van der Waals surface area (Å²) in [5.74, 6) is 1.67. The minimum Gasteiger partial charge on any atom is -0.330 e. The molecule has 4 nitrogen and oxygen atoms in total. The molecule has 0 saturated carbocycles. The van der Waals surface area contributed by atoms with E-state index < -0.39 is 0 Å². The first kappa shape index (κ1) is 17.5. The van der Waals surface area contributed by atoms with Gasteiger partial charge < -0.3 is 4.57 Å². The fourth-order valence-electron chi connectivity index (χ4n) is 3.95. The summed E-state index contributed by atoms with van der Waals surface area (Å²) in [6.45, 7) is 3.96. The Morgan fingerprint density at radius 2 is 1.78 bits per heavy atom. The Bertz CT molecular complexity index is 906. The van der Waals surface area contributed by atoms with E-state index in [9.17, 15) is 0 Å². The van der Waals surface area contributed by atoms with E-state index in [2.05, 4.69) is 64.2 Å². The molecule has 2 heterocycles. The van der Waals surface area contributed by atoms with E-state index in [1.165, 1.54) is 29.8 Å². The minimum absolute atomic E-state index is 0.468. The maximum Gasteiger partial charge on any atom is 0.113 e. The number of benzene rings is 2. The van der Waals surface area contributed by atoms with Gasteiger partial charge in [0.15, 0.2) is 0 Å². The first-order valence-electron chi connectivity index (χ1n) is 9.58. The van der Waals surface area contributed by atoms with Gasteiger partial charge >= 0.3 is 0 Å². The number of nitriles is 1. The molecule has 0 radical (unpaired) electrons. The SMILES string of the molecule is N#Cc1ccc(CN2CCCC(c3nccn3Cc3ccccc3)C2)cc1. The molecule has 1 saturated heterocycles. The normalized spacial score (nSPS) is 17.5. The first-order valence-corrected chi connectivity index (χ1v) is 9.58. The zero-order chi connectivity index (χ0) is 18.5. The van der Waals surface area contributed by atoms with E-state index in [0.29, 0.717) is 5.92 Å². The lowest BCUT2D eigenvalue weighted by Crippen LogP contribution is -2.35. The lowest BCUT2D eigenvalue weighted by Gasteiger charge is -2.32. The van der Waals surface area contributed by atoms with Crippen molar-refractivity contribution in [1.29, 1.82) is 5.26 Å². The van der Waals surface area contributed by atoms with Gasteiger partial charge in [0.2, 0.25) is 0 Å². The van der Waals surface area contributed by atoms with E-state index >= 15 is 0 Å².